The van der Waals surface area contributed by atoms with Crippen molar-refractivity contribution in [2.24, 2.45) is 0 Å². The number of allylic oxidation sites excluding steroid dienone is 4. The molecule has 4 aromatic carbocycles. The zero-order valence-corrected chi connectivity index (χ0v) is 23.4. The standard InChI is InChI=1S/C33H32BrN2/c1-32(2)28(35(5)26-18-14-21-10-7-8-11-24(21)30(26)32)12-9-13-29-33(3,4)31-25-17-16-23(34)20-22(25)15-19-27(31)36(29)6/h7-20H,1-6H3/q+1. The first-order valence-electron chi connectivity index (χ1n) is 12.6. The lowest BCUT2D eigenvalue weighted by Gasteiger charge is -2.24. The van der Waals surface area contributed by atoms with Crippen LogP contribution in [0.2, 0.25) is 0 Å². The summed E-state index contributed by atoms with van der Waals surface area (Å²) in [6.45, 7) is 9.38. The van der Waals surface area contributed by atoms with Gasteiger partial charge in [0.15, 0.2) is 5.71 Å². The minimum atomic E-state index is -0.0946. The third-order valence-electron chi connectivity index (χ3n) is 8.35. The van der Waals surface area contributed by atoms with Crippen LogP contribution in [0.4, 0.5) is 11.4 Å². The van der Waals surface area contributed by atoms with Gasteiger partial charge in [0.1, 0.15) is 7.05 Å². The van der Waals surface area contributed by atoms with Gasteiger partial charge in [-0.1, -0.05) is 72.3 Å². The minimum absolute atomic E-state index is 0.0798. The molecule has 0 fully saturated rings. The molecule has 0 spiro atoms. The highest BCUT2D eigenvalue weighted by Crippen LogP contribution is 2.50. The number of halogens is 1. The number of anilines is 1. The van der Waals surface area contributed by atoms with Crippen molar-refractivity contribution >= 4 is 54.6 Å². The highest BCUT2D eigenvalue weighted by Gasteiger charge is 2.44. The average molecular weight is 537 g/mol. The monoisotopic (exact) mass is 535 g/mol. The highest BCUT2D eigenvalue weighted by molar-refractivity contribution is 9.10. The van der Waals surface area contributed by atoms with Gasteiger partial charge >= 0.3 is 0 Å². The Morgan fingerprint density at radius 1 is 0.806 bits per heavy atom. The second-order valence-corrected chi connectivity index (χ2v) is 12.1. The first kappa shape index (κ1) is 23.2. The normalized spacial score (nSPS) is 19.2. The van der Waals surface area contributed by atoms with E-state index in [9.17, 15) is 0 Å². The SMILES string of the molecule is CN1/C(=C\C=C\C2=[N+](C)c3ccc4ccccc4c3C2(C)C)C(C)(C)c2c1ccc1cc(Br)ccc21. The molecule has 0 aliphatic carbocycles. The molecule has 0 saturated carbocycles. The predicted molar refractivity (Wildman–Crippen MR) is 158 cm³/mol. The number of nitrogens with zero attached hydrogens (tertiary/aromatic N) is 2. The van der Waals surface area contributed by atoms with Crippen LogP contribution in [0.1, 0.15) is 38.8 Å². The fourth-order valence-electron chi connectivity index (χ4n) is 6.65. The summed E-state index contributed by atoms with van der Waals surface area (Å²) in [5.74, 6) is 0. The maximum absolute atomic E-state index is 3.63. The van der Waals surface area contributed by atoms with E-state index in [1.165, 1.54) is 55.5 Å². The molecule has 0 aromatic heterocycles. The lowest BCUT2D eigenvalue weighted by atomic mass is 9.79. The van der Waals surface area contributed by atoms with Gasteiger partial charge in [0.25, 0.3) is 0 Å². The Hall–Kier alpha value is -3.17. The smallest absolute Gasteiger partial charge is 0.210 e. The van der Waals surface area contributed by atoms with Gasteiger partial charge in [-0.15, -0.1) is 0 Å². The van der Waals surface area contributed by atoms with Crippen molar-refractivity contribution in [2.45, 2.75) is 38.5 Å². The molecule has 0 bridgehead atoms. The van der Waals surface area contributed by atoms with Crippen molar-refractivity contribution in [2.75, 3.05) is 19.0 Å². The van der Waals surface area contributed by atoms with Crippen molar-refractivity contribution in [3.8, 4) is 0 Å². The van der Waals surface area contributed by atoms with Crippen molar-refractivity contribution in [1.82, 2.24) is 0 Å². The fourth-order valence-corrected chi connectivity index (χ4v) is 7.03. The molecule has 0 amide bonds. The summed E-state index contributed by atoms with van der Waals surface area (Å²) in [4.78, 5) is 2.36. The molecule has 2 aliphatic rings. The van der Waals surface area contributed by atoms with Crippen LogP contribution in [-0.2, 0) is 10.8 Å². The molecule has 0 unspecified atom stereocenters. The summed E-state index contributed by atoms with van der Waals surface area (Å²) in [6.07, 6.45) is 6.87. The zero-order chi connectivity index (χ0) is 25.4. The maximum Gasteiger partial charge on any atom is 0.210 e. The van der Waals surface area contributed by atoms with E-state index >= 15 is 0 Å². The average Bonchev–Trinajstić information content (AvgIpc) is 3.17. The molecule has 2 nitrogen and oxygen atoms in total. The number of hydrogen-bond acceptors (Lipinski definition) is 1. The molecule has 2 heterocycles. The van der Waals surface area contributed by atoms with Crippen molar-refractivity contribution in [1.29, 1.82) is 0 Å². The molecule has 36 heavy (non-hydrogen) atoms. The van der Waals surface area contributed by atoms with E-state index in [1.807, 2.05) is 0 Å². The van der Waals surface area contributed by atoms with Crippen LogP contribution in [-0.4, -0.2) is 24.4 Å². The van der Waals surface area contributed by atoms with E-state index in [-0.39, 0.29) is 10.8 Å². The van der Waals surface area contributed by atoms with Gasteiger partial charge in [-0.05, 0) is 71.3 Å². The van der Waals surface area contributed by atoms with E-state index in [2.05, 4.69) is 152 Å². The van der Waals surface area contributed by atoms with Gasteiger partial charge < -0.3 is 4.90 Å². The fraction of sp³-hybridized carbons (Fsp3) is 0.242. The molecule has 0 atom stereocenters. The van der Waals surface area contributed by atoms with Crippen LogP contribution in [0, 0.1) is 0 Å². The number of hydrogen-bond donors (Lipinski definition) is 0. The number of fused-ring (bicyclic) bond motifs is 6. The van der Waals surface area contributed by atoms with Crippen molar-refractivity contribution < 1.29 is 4.58 Å². The molecular weight excluding hydrogens is 504 g/mol. The Morgan fingerprint density at radius 2 is 1.53 bits per heavy atom. The molecule has 180 valence electrons. The molecule has 0 saturated heterocycles. The Morgan fingerprint density at radius 3 is 2.33 bits per heavy atom. The van der Waals surface area contributed by atoms with Crippen LogP contribution in [0.25, 0.3) is 21.5 Å². The molecular formula is C33H32BrN2+. The van der Waals surface area contributed by atoms with E-state index < -0.39 is 0 Å². The van der Waals surface area contributed by atoms with Crippen LogP contribution >= 0.6 is 15.9 Å². The van der Waals surface area contributed by atoms with Gasteiger partial charge in [0.2, 0.25) is 5.69 Å². The quantitative estimate of drug-likeness (QED) is 0.233. The molecule has 3 heteroatoms. The van der Waals surface area contributed by atoms with Crippen LogP contribution in [0.5, 0.6) is 0 Å². The second kappa shape index (κ2) is 7.91. The summed E-state index contributed by atoms with van der Waals surface area (Å²) in [5.41, 5.74) is 7.86. The van der Waals surface area contributed by atoms with Crippen molar-refractivity contribution in [3.63, 3.8) is 0 Å². The second-order valence-electron chi connectivity index (χ2n) is 11.2. The Labute approximate surface area is 222 Å². The number of benzene rings is 4. The maximum atomic E-state index is 3.63. The molecule has 6 rings (SSSR count). The van der Waals surface area contributed by atoms with Crippen molar-refractivity contribution in [3.05, 3.63) is 106 Å². The Balaban J connectivity index is 1.41. The summed E-state index contributed by atoms with van der Waals surface area (Å²) >= 11 is 3.63. The highest BCUT2D eigenvalue weighted by atomic mass is 79.9. The van der Waals surface area contributed by atoms with E-state index in [0.29, 0.717) is 0 Å². The van der Waals surface area contributed by atoms with Crippen LogP contribution < -0.4 is 4.90 Å². The minimum Gasteiger partial charge on any atom is -0.347 e. The number of rotatable bonds is 2. The van der Waals surface area contributed by atoms with Crippen LogP contribution in [0.15, 0.2) is 95.1 Å². The summed E-state index contributed by atoms with van der Waals surface area (Å²) in [5, 5.41) is 5.25. The first-order valence-corrected chi connectivity index (χ1v) is 13.4. The summed E-state index contributed by atoms with van der Waals surface area (Å²) in [6, 6.07) is 24.4. The van der Waals surface area contributed by atoms with E-state index in [0.717, 1.165) is 4.47 Å². The zero-order valence-electron chi connectivity index (χ0n) is 21.9. The summed E-state index contributed by atoms with van der Waals surface area (Å²) < 4.78 is 3.48. The Bertz CT molecular complexity index is 1670. The lowest BCUT2D eigenvalue weighted by molar-refractivity contribution is -0.401. The van der Waals surface area contributed by atoms with E-state index in [4.69, 9.17) is 0 Å². The van der Waals surface area contributed by atoms with Gasteiger partial charge in [-0.2, -0.15) is 4.58 Å². The van der Waals surface area contributed by atoms with E-state index in [1.54, 1.807) is 0 Å². The van der Waals surface area contributed by atoms with Gasteiger partial charge in [0, 0.05) is 46.0 Å². The molecule has 4 aromatic rings. The van der Waals surface area contributed by atoms with Gasteiger partial charge in [0.05, 0.1) is 5.41 Å². The first-order chi connectivity index (χ1) is 17.1. The molecule has 0 radical (unpaired) electrons. The number of likely N-dealkylation sites (N-methyl/N-ethyl adjacent to an activating group) is 1. The van der Waals surface area contributed by atoms with Gasteiger partial charge in [-0.3, -0.25) is 0 Å². The summed E-state index contributed by atoms with van der Waals surface area (Å²) in [7, 11) is 4.39. The topological polar surface area (TPSA) is 6.25 Å². The predicted octanol–water partition coefficient (Wildman–Crippen LogP) is 8.63. The van der Waals surface area contributed by atoms with Gasteiger partial charge in [-0.25, -0.2) is 0 Å². The molecule has 2 aliphatic heterocycles. The van der Waals surface area contributed by atoms with Crippen LogP contribution in [0.3, 0.4) is 0 Å². The third kappa shape index (κ3) is 3.18. The largest absolute Gasteiger partial charge is 0.347 e. The molecule has 0 N–H and O–H groups in total. The third-order valence-corrected chi connectivity index (χ3v) is 8.84. The lowest BCUT2D eigenvalue weighted by Crippen LogP contribution is -2.27. The Kier molecular flexibility index (Phi) is 5.11.